The third-order valence-electron chi connectivity index (χ3n) is 7.91. The molecule has 1 aliphatic carbocycles. The first kappa shape index (κ1) is 33.1. The first-order chi connectivity index (χ1) is 21.9. The van der Waals surface area contributed by atoms with Gasteiger partial charge in [0.1, 0.15) is 23.2 Å². The number of rotatable bonds is 7. The van der Waals surface area contributed by atoms with Gasteiger partial charge in [-0.15, -0.1) is 0 Å². The first-order valence-corrected chi connectivity index (χ1v) is 15.2. The number of carbonyl (C=O) groups is 3. The van der Waals surface area contributed by atoms with E-state index in [9.17, 15) is 31.9 Å². The van der Waals surface area contributed by atoms with Crippen molar-refractivity contribution in [3.8, 4) is 5.75 Å². The Morgan fingerprint density at radius 3 is 2.48 bits per heavy atom. The Morgan fingerprint density at radius 1 is 1.02 bits per heavy atom. The number of ketones is 1. The highest BCUT2D eigenvalue weighted by molar-refractivity contribution is 6.30. The van der Waals surface area contributed by atoms with Gasteiger partial charge in [-0.05, 0) is 69.3 Å². The minimum atomic E-state index is -5.37. The zero-order valence-corrected chi connectivity index (χ0v) is 25.7. The van der Waals surface area contributed by atoms with Gasteiger partial charge in [0.15, 0.2) is 0 Å². The number of carbonyl (C=O) groups excluding carboxylic acids is 3. The number of nitrogens with one attached hydrogen (secondary N) is 1. The number of halogens is 5. The molecule has 1 saturated heterocycles. The largest absolute Gasteiger partial charge is 0.489 e. The summed E-state index contributed by atoms with van der Waals surface area (Å²) in [5, 5.41) is 2.64. The number of Topliss-reactive ketones (excluding diaryl/α,β-unsaturated/α-hetero) is 1. The van der Waals surface area contributed by atoms with E-state index in [-0.39, 0.29) is 38.8 Å². The van der Waals surface area contributed by atoms with Gasteiger partial charge in [0.25, 0.3) is 5.91 Å². The molecule has 0 unspecified atom stereocenters. The van der Waals surface area contributed by atoms with Crippen LogP contribution in [0.15, 0.2) is 54.7 Å². The van der Waals surface area contributed by atoms with E-state index in [2.05, 4.69) is 20.1 Å². The minimum absolute atomic E-state index is 0.0705. The summed E-state index contributed by atoms with van der Waals surface area (Å²) in [4.78, 5) is 46.7. The Morgan fingerprint density at radius 2 is 1.78 bits per heavy atom. The number of nitrogens with zero attached hydrogens (tertiary/aromatic N) is 4. The third kappa shape index (κ3) is 7.94. The minimum Gasteiger partial charge on any atom is -0.489 e. The van der Waals surface area contributed by atoms with Crippen LogP contribution in [0.2, 0.25) is 5.02 Å². The second-order valence-electron chi connectivity index (χ2n) is 11.3. The van der Waals surface area contributed by atoms with Gasteiger partial charge in [0, 0.05) is 56.5 Å². The second kappa shape index (κ2) is 14.0. The lowest BCUT2D eigenvalue weighted by Crippen LogP contribution is -2.39. The van der Waals surface area contributed by atoms with Crippen LogP contribution in [0.5, 0.6) is 5.75 Å². The van der Waals surface area contributed by atoms with Crippen LogP contribution in [-0.2, 0) is 9.59 Å². The summed E-state index contributed by atoms with van der Waals surface area (Å²) in [6.07, 6.45) is -2.06. The van der Waals surface area contributed by atoms with Gasteiger partial charge in [0.2, 0.25) is 0 Å². The maximum Gasteiger partial charge on any atom is 0.472 e. The Labute approximate surface area is 268 Å². The van der Waals surface area contributed by atoms with Gasteiger partial charge < -0.3 is 19.9 Å². The molecule has 46 heavy (non-hydrogen) atoms. The van der Waals surface area contributed by atoms with Gasteiger partial charge in [-0.25, -0.2) is 9.37 Å². The number of anilines is 4. The molecule has 14 heteroatoms. The Kier molecular flexibility index (Phi) is 10.1. The fraction of sp³-hybridized carbons (Fsp3) is 0.375. The van der Waals surface area contributed by atoms with E-state index in [0.717, 1.165) is 62.7 Å². The predicted octanol–water partition coefficient (Wildman–Crippen LogP) is 6.39. The molecule has 3 aromatic rings. The number of likely N-dealkylation sites (N-methyl/N-ethyl adjacent to an activating group) is 1. The highest BCUT2D eigenvalue weighted by atomic mass is 35.5. The average molecular weight is 662 g/mol. The van der Waals surface area contributed by atoms with Crippen molar-refractivity contribution in [3.05, 3.63) is 71.1 Å². The number of benzene rings is 2. The molecule has 2 aliphatic rings. The van der Waals surface area contributed by atoms with Crippen molar-refractivity contribution >= 4 is 52.1 Å². The SMILES string of the molecule is CN1CCCN(c2ccc(C(=O)Nc3ccc(F)cc3N(C(=O)C(F)(F)F)c3ccc(Cl)cn3)c(OC3CCC(=O)CC3)c2)CC1. The van der Waals surface area contributed by atoms with Crippen molar-refractivity contribution in [2.75, 3.05) is 48.3 Å². The molecule has 1 aromatic heterocycles. The van der Waals surface area contributed by atoms with E-state index in [1.165, 1.54) is 6.07 Å². The molecular formula is C32H32ClF4N5O4. The summed E-state index contributed by atoms with van der Waals surface area (Å²) in [5.74, 6) is -4.19. The third-order valence-corrected chi connectivity index (χ3v) is 8.14. The van der Waals surface area contributed by atoms with Crippen LogP contribution in [0.3, 0.4) is 0 Å². The molecule has 1 N–H and O–H groups in total. The Balaban J connectivity index is 1.51. The van der Waals surface area contributed by atoms with E-state index in [0.29, 0.717) is 31.7 Å². The molecule has 1 saturated carbocycles. The standard InChI is InChI=1S/C32H32ClF4N5O4/c1-40-13-2-14-41(16-15-40)22-5-10-25(28(18-22)46-24-8-6-23(43)7-9-24)30(44)39-26-11-4-21(34)17-27(26)42(31(45)32(35,36)37)29-12-3-20(33)19-38-29/h3-5,10-12,17-19,24H,2,6-9,13-16H2,1H3,(H,39,44). The second-order valence-corrected chi connectivity index (χ2v) is 11.7. The molecule has 5 rings (SSSR count). The fourth-order valence-corrected chi connectivity index (χ4v) is 5.57. The summed E-state index contributed by atoms with van der Waals surface area (Å²) >= 11 is 5.85. The van der Waals surface area contributed by atoms with Crippen LogP contribution in [0.25, 0.3) is 0 Å². The Bertz CT molecular complexity index is 1590. The topological polar surface area (TPSA) is 95.1 Å². The van der Waals surface area contributed by atoms with E-state index in [4.69, 9.17) is 16.3 Å². The normalized spacial score (nSPS) is 16.6. The fourth-order valence-electron chi connectivity index (χ4n) is 5.46. The van der Waals surface area contributed by atoms with Gasteiger partial charge in [-0.2, -0.15) is 13.2 Å². The molecule has 244 valence electrons. The molecule has 2 aromatic carbocycles. The van der Waals surface area contributed by atoms with Gasteiger partial charge in [0.05, 0.1) is 28.1 Å². The van der Waals surface area contributed by atoms with Crippen molar-refractivity contribution in [3.63, 3.8) is 0 Å². The molecule has 9 nitrogen and oxygen atoms in total. The van der Waals surface area contributed by atoms with Crippen molar-refractivity contribution in [2.45, 2.75) is 44.4 Å². The van der Waals surface area contributed by atoms with Crippen molar-refractivity contribution in [1.29, 1.82) is 0 Å². The zero-order valence-electron chi connectivity index (χ0n) is 24.9. The first-order valence-electron chi connectivity index (χ1n) is 14.8. The number of pyridine rings is 1. The summed E-state index contributed by atoms with van der Waals surface area (Å²) in [6.45, 7) is 3.32. The van der Waals surface area contributed by atoms with Crippen LogP contribution in [0, 0.1) is 5.82 Å². The van der Waals surface area contributed by atoms with Gasteiger partial charge >= 0.3 is 12.1 Å². The molecule has 2 fully saturated rings. The summed E-state index contributed by atoms with van der Waals surface area (Å²) in [6, 6.07) is 10.1. The van der Waals surface area contributed by atoms with Crippen molar-refractivity contribution in [1.82, 2.24) is 9.88 Å². The molecule has 0 atom stereocenters. The number of aromatic nitrogens is 1. The van der Waals surface area contributed by atoms with Crippen LogP contribution >= 0.6 is 11.6 Å². The number of hydrogen-bond donors (Lipinski definition) is 1. The summed E-state index contributed by atoms with van der Waals surface area (Å²) in [5.41, 5.74) is 0.0202. The van der Waals surface area contributed by atoms with Crippen LogP contribution in [0.1, 0.15) is 42.5 Å². The lowest BCUT2D eigenvalue weighted by molar-refractivity contribution is -0.169. The quantitative estimate of drug-likeness (QED) is 0.294. The number of amides is 2. The smallest absolute Gasteiger partial charge is 0.472 e. The maximum atomic E-state index is 14.5. The Hall–Kier alpha value is -4.23. The molecule has 1 aliphatic heterocycles. The molecule has 2 amide bonds. The highest BCUT2D eigenvalue weighted by Gasteiger charge is 2.45. The van der Waals surface area contributed by atoms with E-state index in [1.54, 1.807) is 18.2 Å². The van der Waals surface area contributed by atoms with Gasteiger partial charge in [-0.3, -0.25) is 19.3 Å². The van der Waals surface area contributed by atoms with Crippen LogP contribution in [-0.4, -0.2) is 73.0 Å². The lowest BCUT2D eigenvalue weighted by Gasteiger charge is -2.27. The maximum absolute atomic E-state index is 14.5. The zero-order chi connectivity index (χ0) is 33.0. The average Bonchev–Trinajstić information content (AvgIpc) is 3.24. The number of ether oxygens (including phenoxy) is 1. The van der Waals surface area contributed by atoms with Crippen LogP contribution in [0.4, 0.5) is 40.4 Å². The highest BCUT2D eigenvalue weighted by Crippen LogP contribution is 2.37. The lowest BCUT2D eigenvalue weighted by atomic mass is 9.96. The van der Waals surface area contributed by atoms with Crippen molar-refractivity contribution in [2.24, 2.45) is 0 Å². The molecule has 0 radical (unpaired) electrons. The summed E-state index contributed by atoms with van der Waals surface area (Å²) in [7, 11) is 2.05. The molecular weight excluding hydrogens is 630 g/mol. The summed E-state index contributed by atoms with van der Waals surface area (Å²) < 4.78 is 62.1. The van der Waals surface area contributed by atoms with Crippen LogP contribution < -0.4 is 19.9 Å². The number of hydrogen-bond acceptors (Lipinski definition) is 7. The molecule has 0 bridgehead atoms. The molecule has 2 heterocycles. The van der Waals surface area contributed by atoms with E-state index >= 15 is 0 Å². The van der Waals surface area contributed by atoms with Crippen molar-refractivity contribution < 1.29 is 36.7 Å². The van der Waals surface area contributed by atoms with E-state index in [1.807, 2.05) is 7.05 Å². The van der Waals surface area contributed by atoms with E-state index < -0.39 is 35.3 Å². The van der Waals surface area contributed by atoms with Gasteiger partial charge in [-0.1, -0.05) is 11.6 Å². The predicted molar refractivity (Wildman–Crippen MR) is 165 cm³/mol. The molecule has 0 spiro atoms. The monoisotopic (exact) mass is 661 g/mol. The number of alkyl halides is 3.